The van der Waals surface area contributed by atoms with Crippen molar-refractivity contribution >= 4 is 79.5 Å². The quantitative estimate of drug-likeness (QED) is 0.323. The van der Waals surface area contributed by atoms with Crippen molar-refractivity contribution in [2.75, 3.05) is 10.6 Å². The summed E-state index contributed by atoms with van der Waals surface area (Å²) in [7, 11) is 0. The first-order valence-electron chi connectivity index (χ1n) is 7.44. The van der Waals surface area contributed by atoms with Crippen LogP contribution in [0.25, 0.3) is 11.3 Å². The minimum atomic E-state index is -0.464. The third-order valence-corrected chi connectivity index (χ3v) is 4.82. The number of fused-ring (bicyclic) bond motifs is 1. The molecule has 0 aliphatic carbocycles. The largest absolute Gasteiger partial charge is 0.335 e. The zero-order valence-corrected chi connectivity index (χ0v) is 17.5. The maximum absolute atomic E-state index is 14.2. The lowest BCUT2D eigenvalue weighted by Gasteiger charge is -2.13. The Morgan fingerprint density at radius 3 is 1.59 bits per heavy atom. The number of halogens is 4. The second kappa shape index (κ2) is 7.46. The fourth-order valence-electron chi connectivity index (χ4n) is 2.25. The van der Waals surface area contributed by atoms with Crippen LogP contribution in [0.1, 0.15) is 0 Å². The van der Waals surface area contributed by atoms with Gasteiger partial charge in [0.15, 0.2) is 11.6 Å². The van der Waals surface area contributed by atoms with Crippen molar-refractivity contribution in [3.05, 3.63) is 55.2 Å². The van der Waals surface area contributed by atoms with E-state index in [0.717, 1.165) is 7.14 Å². The number of hydrogen-bond donors (Lipinski definition) is 2. The molecule has 0 saturated carbocycles. The molecule has 2 N–H and O–H groups in total. The van der Waals surface area contributed by atoms with Crippen molar-refractivity contribution in [3.63, 3.8) is 0 Å². The van der Waals surface area contributed by atoms with Crippen molar-refractivity contribution in [1.29, 1.82) is 0 Å². The first-order chi connectivity index (χ1) is 13.0. The Morgan fingerprint density at radius 2 is 1.19 bits per heavy atom. The molecule has 0 bridgehead atoms. The van der Waals surface area contributed by atoms with Crippen molar-refractivity contribution in [3.8, 4) is 0 Å². The van der Waals surface area contributed by atoms with Gasteiger partial charge in [-0.3, -0.25) is 0 Å². The van der Waals surface area contributed by atoms with E-state index in [1.807, 2.05) is 45.2 Å². The van der Waals surface area contributed by atoms with Crippen LogP contribution in [0.5, 0.6) is 0 Å². The highest BCUT2D eigenvalue weighted by Gasteiger charge is 2.16. The highest BCUT2D eigenvalue weighted by molar-refractivity contribution is 14.1. The number of aromatic nitrogens is 4. The highest BCUT2D eigenvalue weighted by atomic mass is 127. The minimum Gasteiger partial charge on any atom is -0.335 e. The summed E-state index contributed by atoms with van der Waals surface area (Å²) in [5.74, 6) is -0.630. The van der Waals surface area contributed by atoms with Gasteiger partial charge in [-0.2, -0.15) is 0 Å². The summed E-state index contributed by atoms with van der Waals surface area (Å²) in [5.41, 5.74) is 0.646. The molecule has 0 amide bonds. The lowest BCUT2D eigenvalue weighted by molar-refractivity contribution is 0.314. The first-order valence-corrected chi connectivity index (χ1v) is 9.60. The van der Waals surface area contributed by atoms with Crippen LogP contribution in [-0.2, 0) is 0 Å². The van der Waals surface area contributed by atoms with E-state index < -0.39 is 11.6 Å². The Labute approximate surface area is 178 Å². The van der Waals surface area contributed by atoms with E-state index in [4.69, 9.17) is 0 Å². The molecule has 2 heterocycles. The number of nitrogens with one attached hydrogen (secondary N) is 2. The lowest BCUT2D eigenvalue weighted by Crippen LogP contribution is -2.05. The van der Waals surface area contributed by atoms with Gasteiger partial charge in [0.1, 0.15) is 11.6 Å². The van der Waals surface area contributed by atoms with Gasteiger partial charge in [-0.05, 0) is 91.9 Å². The van der Waals surface area contributed by atoms with Gasteiger partial charge in [0.25, 0.3) is 0 Å². The fourth-order valence-corrected chi connectivity index (χ4v) is 3.16. The van der Waals surface area contributed by atoms with Crippen LogP contribution in [0.2, 0.25) is 0 Å². The molecule has 0 spiro atoms. The van der Waals surface area contributed by atoms with Crippen molar-refractivity contribution < 1.29 is 13.4 Å². The second-order valence-electron chi connectivity index (χ2n) is 5.33. The predicted molar refractivity (Wildman–Crippen MR) is 112 cm³/mol. The summed E-state index contributed by atoms with van der Waals surface area (Å²) in [4.78, 5) is 8.48. The molecule has 27 heavy (non-hydrogen) atoms. The third kappa shape index (κ3) is 3.92. The maximum atomic E-state index is 14.2. The van der Waals surface area contributed by atoms with Gasteiger partial charge < -0.3 is 10.6 Å². The average Bonchev–Trinajstić information content (AvgIpc) is 3.07. The summed E-state index contributed by atoms with van der Waals surface area (Å²) in [6.45, 7) is 0. The molecule has 0 saturated heterocycles. The second-order valence-corrected chi connectivity index (χ2v) is 7.82. The van der Waals surface area contributed by atoms with Crippen molar-refractivity contribution in [2.45, 2.75) is 0 Å². The highest BCUT2D eigenvalue weighted by Crippen LogP contribution is 2.29. The smallest absolute Gasteiger partial charge is 0.245 e. The maximum Gasteiger partial charge on any atom is 0.245 e. The average molecular weight is 592 g/mol. The Hall–Kier alpha value is -2.16. The molecule has 4 rings (SSSR count). The van der Waals surface area contributed by atoms with Gasteiger partial charge in [-0.25, -0.2) is 23.4 Å². The van der Waals surface area contributed by atoms with E-state index in [1.165, 1.54) is 12.1 Å². The van der Waals surface area contributed by atoms with Crippen LogP contribution in [0.3, 0.4) is 0 Å². The molecule has 0 aliphatic heterocycles. The van der Waals surface area contributed by atoms with Gasteiger partial charge in [-0.1, -0.05) is 0 Å². The molecule has 0 atom stereocenters. The topological polar surface area (TPSA) is 88.8 Å². The molecule has 0 aliphatic rings. The lowest BCUT2D eigenvalue weighted by atomic mass is 10.3. The zero-order chi connectivity index (χ0) is 19.0. The van der Waals surface area contributed by atoms with E-state index in [-0.39, 0.29) is 34.3 Å². The standard InChI is InChI=1S/C16H8F2I2N6O/c17-9-5-7(19)1-3-11(9)21-13-14(24-16-15(23-13)25-27-26-16)22-12-4-2-8(20)6-10(12)18/h1-6H,(H,21,23,25)(H,22,24,26). The summed E-state index contributed by atoms with van der Waals surface area (Å²) >= 11 is 4.02. The predicted octanol–water partition coefficient (Wildman–Crippen LogP) is 4.99. The van der Waals surface area contributed by atoms with Gasteiger partial charge >= 0.3 is 0 Å². The number of rotatable bonds is 4. The molecule has 4 aromatic rings. The number of hydrogen-bond acceptors (Lipinski definition) is 7. The molecule has 0 radical (unpaired) electrons. The normalized spacial score (nSPS) is 11.0. The van der Waals surface area contributed by atoms with E-state index >= 15 is 0 Å². The van der Waals surface area contributed by atoms with Crippen LogP contribution >= 0.6 is 45.2 Å². The first kappa shape index (κ1) is 18.2. The molecule has 11 heteroatoms. The number of benzene rings is 2. The summed E-state index contributed by atoms with van der Waals surface area (Å²) in [6.07, 6.45) is 0. The molecular weight excluding hydrogens is 584 g/mol. The van der Waals surface area contributed by atoms with Crippen LogP contribution < -0.4 is 10.6 Å². The molecule has 0 fully saturated rings. The van der Waals surface area contributed by atoms with Crippen LogP contribution in [-0.4, -0.2) is 20.3 Å². The molecular formula is C16H8F2I2N6O. The Kier molecular flexibility index (Phi) is 5.03. The van der Waals surface area contributed by atoms with Crippen LogP contribution in [0, 0.1) is 18.8 Å². The van der Waals surface area contributed by atoms with Gasteiger partial charge in [-0.15, -0.1) is 0 Å². The van der Waals surface area contributed by atoms with Crippen LogP contribution in [0.4, 0.5) is 31.8 Å². The third-order valence-electron chi connectivity index (χ3n) is 3.48. The number of nitrogens with zero attached hydrogens (tertiary/aromatic N) is 4. The fraction of sp³-hybridized carbons (Fsp3) is 0. The Bertz CT molecular complexity index is 1070. The van der Waals surface area contributed by atoms with Crippen LogP contribution in [0.15, 0.2) is 41.0 Å². The summed E-state index contributed by atoms with van der Waals surface area (Å²) in [6, 6.07) is 9.36. The van der Waals surface area contributed by atoms with E-state index in [9.17, 15) is 8.78 Å². The summed E-state index contributed by atoms with van der Waals surface area (Å²) < 4.78 is 34.5. The molecule has 7 nitrogen and oxygen atoms in total. The SMILES string of the molecule is Fc1cc(I)ccc1Nc1nc2nonc2nc1Nc1ccc(I)cc1F. The van der Waals surface area contributed by atoms with Gasteiger partial charge in [0.05, 0.1) is 11.4 Å². The van der Waals surface area contributed by atoms with E-state index in [1.54, 1.807) is 24.3 Å². The van der Waals surface area contributed by atoms with E-state index in [0.29, 0.717) is 0 Å². The molecule has 2 aromatic heterocycles. The minimum absolute atomic E-state index is 0.136. The number of anilines is 4. The Morgan fingerprint density at radius 1 is 0.741 bits per heavy atom. The Balaban J connectivity index is 1.77. The van der Waals surface area contributed by atoms with Gasteiger partial charge in [0, 0.05) is 7.14 Å². The zero-order valence-electron chi connectivity index (χ0n) is 13.2. The molecule has 0 unspecified atom stereocenters. The van der Waals surface area contributed by atoms with Crippen molar-refractivity contribution in [1.82, 2.24) is 20.3 Å². The van der Waals surface area contributed by atoms with E-state index in [2.05, 4.69) is 35.5 Å². The summed E-state index contributed by atoms with van der Waals surface area (Å²) in [5, 5.41) is 13.0. The van der Waals surface area contributed by atoms with Gasteiger partial charge in [0.2, 0.25) is 11.3 Å². The monoisotopic (exact) mass is 592 g/mol. The molecule has 136 valence electrons. The molecule has 2 aromatic carbocycles. The van der Waals surface area contributed by atoms with Crippen molar-refractivity contribution in [2.24, 2.45) is 0 Å².